The van der Waals surface area contributed by atoms with E-state index in [9.17, 15) is 4.79 Å². The average Bonchev–Trinajstić information content (AvgIpc) is 2.77. The maximum Gasteiger partial charge on any atom is 0.251 e. The Hall–Kier alpha value is -2.63. The lowest BCUT2D eigenvalue weighted by atomic mass is 9.94. The van der Waals surface area contributed by atoms with Gasteiger partial charge >= 0.3 is 0 Å². The topological polar surface area (TPSA) is 45.2 Å². The lowest BCUT2D eigenvalue weighted by Crippen LogP contribution is -2.45. The molecule has 2 aromatic carbocycles. The first-order valence-corrected chi connectivity index (χ1v) is 10.9. The highest BCUT2D eigenvalue weighted by Gasteiger charge is 2.23. The van der Waals surface area contributed by atoms with Crippen molar-refractivity contribution in [2.75, 3.05) is 13.6 Å². The Balaban J connectivity index is 1.30. The fourth-order valence-corrected chi connectivity index (χ4v) is 4.42. The Kier molecular flexibility index (Phi) is 6.27. The van der Waals surface area contributed by atoms with E-state index >= 15 is 0 Å². The first-order valence-electron chi connectivity index (χ1n) is 9.87. The minimum Gasteiger partial charge on any atom is -0.350 e. The van der Waals surface area contributed by atoms with Crippen LogP contribution in [0.2, 0.25) is 0 Å². The molecule has 1 unspecified atom stereocenters. The van der Waals surface area contributed by atoms with Crippen LogP contribution in [0.15, 0.2) is 78.0 Å². The molecule has 0 radical (unpaired) electrons. The summed E-state index contributed by atoms with van der Waals surface area (Å²) in [5.41, 5.74) is 4.66. The van der Waals surface area contributed by atoms with E-state index < -0.39 is 0 Å². The maximum absolute atomic E-state index is 12.6. The van der Waals surface area contributed by atoms with E-state index in [1.807, 2.05) is 42.5 Å². The summed E-state index contributed by atoms with van der Waals surface area (Å²) in [7, 11) is 2.13. The van der Waals surface area contributed by atoms with Gasteiger partial charge in [-0.1, -0.05) is 42.5 Å². The zero-order valence-corrected chi connectivity index (χ0v) is 17.4. The number of fused-ring (bicyclic) bond motifs is 1. The van der Waals surface area contributed by atoms with Gasteiger partial charge in [-0.15, -0.1) is 11.8 Å². The number of nitrogens with zero attached hydrogens (tertiary/aromatic N) is 2. The molecule has 4 nitrogen and oxygen atoms in total. The third-order valence-electron chi connectivity index (χ3n) is 5.36. The van der Waals surface area contributed by atoms with Crippen molar-refractivity contribution in [3.8, 4) is 0 Å². The third-order valence-corrected chi connectivity index (χ3v) is 6.37. The summed E-state index contributed by atoms with van der Waals surface area (Å²) in [6.45, 7) is 1.58. The number of aromatic nitrogens is 1. The number of thioether (sulfide) groups is 1. The van der Waals surface area contributed by atoms with Crippen LogP contribution in [-0.4, -0.2) is 35.4 Å². The summed E-state index contributed by atoms with van der Waals surface area (Å²) < 4.78 is 0. The van der Waals surface area contributed by atoms with Crippen LogP contribution < -0.4 is 5.32 Å². The highest BCUT2D eigenvalue weighted by Crippen LogP contribution is 2.22. The molecule has 0 fully saturated rings. The van der Waals surface area contributed by atoms with Gasteiger partial charge in [0.1, 0.15) is 0 Å². The van der Waals surface area contributed by atoms with Gasteiger partial charge in [0.05, 0.1) is 5.03 Å². The normalized spacial score (nSPS) is 16.2. The molecule has 2 heterocycles. The quantitative estimate of drug-likeness (QED) is 0.628. The molecule has 0 spiro atoms. The van der Waals surface area contributed by atoms with Gasteiger partial charge in [0.25, 0.3) is 5.91 Å². The third kappa shape index (κ3) is 5.05. The van der Waals surface area contributed by atoms with E-state index in [0.29, 0.717) is 18.2 Å². The lowest BCUT2D eigenvalue weighted by Gasteiger charge is -2.34. The van der Waals surface area contributed by atoms with Crippen molar-refractivity contribution in [3.63, 3.8) is 0 Å². The van der Waals surface area contributed by atoms with Crippen molar-refractivity contribution in [1.29, 1.82) is 0 Å². The van der Waals surface area contributed by atoms with Gasteiger partial charge in [-0.25, -0.2) is 4.98 Å². The number of rotatable bonds is 6. The number of pyridine rings is 1. The standard InChI is InChI=1S/C24H25N3OS/c1-27-16-21-7-3-2-6-20(21)14-22(27)15-26-24(28)19-11-9-18(10-12-19)17-29-23-8-4-5-13-25-23/h2-13,22H,14-17H2,1H3,(H,26,28). The van der Waals surface area contributed by atoms with E-state index in [1.165, 1.54) is 16.7 Å². The molecule has 1 atom stereocenters. The Morgan fingerprint density at radius 1 is 1.07 bits per heavy atom. The largest absolute Gasteiger partial charge is 0.350 e. The predicted octanol–water partition coefficient (Wildman–Crippen LogP) is 4.16. The van der Waals surface area contributed by atoms with E-state index in [0.717, 1.165) is 23.7 Å². The molecule has 29 heavy (non-hydrogen) atoms. The number of nitrogens with one attached hydrogen (secondary N) is 1. The number of carbonyl (C=O) groups excluding carboxylic acids is 1. The molecule has 4 rings (SSSR count). The fraction of sp³-hybridized carbons (Fsp3) is 0.250. The number of hydrogen-bond acceptors (Lipinski definition) is 4. The lowest BCUT2D eigenvalue weighted by molar-refractivity contribution is 0.0934. The van der Waals surface area contributed by atoms with E-state index in [2.05, 4.69) is 46.5 Å². The molecule has 0 saturated heterocycles. The van der Waals surface area contributed by atoms with Gasteiger partial charge in [0.2, 0.25) is 0 Å². The highest BCUT2D eigenvalue weighted by atomic mass is 32.2. The van der Waals surface area contributed by atoms with Crippen LogP contribution in [-0.2, 0) is 18.7 Å². The first-order chi connectivity index (χ1) is 14.2. The summed E-state index contributed by atoms with van der Waals surface area (Å²) >= 11 is 1.69. The second kappa shape index (κ2) is 9.25. The summed E-state index contributed by atoms with van der Waals surface area (Å²) in [4.78, 5) is 19.2. The van der Waals surface area contributed by atoms with Gasteiger partial charge in [0.15, 0.2) is 0 Å². The Labute approximate surface area is 176 Å². The van der Waals surface area contributed by atoms with Crippen molar-refractivity contribution in [2.24, 2.45) is 0 Å². The van der Waals surface area contributed by atoms with Crippen LogP contribution in [0.25, 0.3) is 0 Å². The monoisotopic (exact) mass is 403 g/mol. The number of hydrogen-bond donors (Lipinski definition) is 1. The second-order valence-electron chi connectivity index (χ2n) is 7.41. The van der Waals surface area contributed by atoms with Gasteiger partial charge in [-0.2, -0.15) is 0 Å². The Morgan fingerprint density at radius 2 is 1.83 bits per heavy atom. The van der Waals surface area contributed by atoms with Crippen molar-refractivity contribution < 1.29 is 4.79 Å². The molecule has 0 saturated carbocycles. The maximum atomic E-state index is 12.6. The molecule has 5 heteroatoms. The molecule has 0 aliphatic carbocycles. The average molecular weight is 404 g/mol. The van der Waals surface area contributed by atoms with Crippen molar-refractivity contribution in [1.82, 2.24) is 15.2 Å². The molecule has 1 aromatic heterocycles. The van der Waals surface area contributed by atoms with Crippen LogP contribution in [0.4, 0.5) is 0 Å². The van der Waals surface area contributed by atoms with E-state index in [4.69, 9.17) is 0 Å². The van der Waals surface area contributed by atoms with Crippen LogP contribution in [0.1, 0.15) is 27.0 Å². The van der Waals surface area contributed by atoms with Gasteiger partial charge in [0, 0.05) is 36.6 Å². The van der Waals surface area contributed by atoms with Crippen LogP contribution in [0.3, 0.4) is 0 Å². The van der Waals surface area contributed by atoms with Gasteiger partial charge in [-0.05, 0) is 54.4 Å². The number of amides is 1. The molecular formula is C24H25N3OS. The van der Waals surface area contributed by atoms with Crippen LogP contribution in [0.5, 0.6) is 0 Å². The molecular weight excluding hydrogens is 378 g/mol. The summed E-state index contributed by atoms with van der Waals surface area (Å²) in [5.74, 6) is 0.826. The molecule has 1 amide bonds. The SMILES string of the molecule is CN1Cc2ccccc2CC1CNC(=O)c1ccc(CSc2ccccn2)cc1. The number of carbonyl (C=O) groups is 1. The predicted molar refractivity (Wildman–Crippen MR) is 118 cm³/mol. The smallest absolute Gasteiger partial charge is 0.251 e. The van der Waals surface area contributed by atoms with Crippen LogP contribution >= 0.6 is 11.8 Å². The van der Waals surface area contributed by atoms with Crippen molar-refractivity contribution in [2.45, 2.75) is 29.8 Å². The molecule has 0 bridgehead atoms. The van der Waals surface area contributed by atoms with Crippen LogP contribution in [0, 0.1) is 0 Å². The van der Waals surface area contributed by atoms with Gasteiger partial charge < -0.3 is 5.32 Å². The molecule has 148 valence electrons. The Bertz CT molecular complexity index is 959. The molecule has 1 N–H and O–H groups in total. The zero-order chi connectivity index (χ0) is 20.1. The van der Waals surface area contributed by atoms with Gasteiger partial charge in [-0.3, -0.25) is 9.69 Å². The minimum absolute atomic E-state index is 0.0128. The second-order valence-corrected chi connectivity index (χ2v) is 8.40. The molecule has 1 aliphatic heterocycles. The fourth-order valence-electron chi connectivity index (χ4n) is 3.60. The molecule has 1 aliphatic rings. The first kappa shape index (κ1) is 19.7. The zero-order valence-electron chi connectivity index (χ0n) is 16.5. The Morgan fingerprint density at radius 3 is 2.59 bits per heavy atom. The highest BCUT2D eigenvalue weighted by molar-refractivity contribution is 7.98. The number of likely N-dealkylation sites (N-methyl/N-ethyl adjacent to an activating group) is 1. The van der Waals surface area contributed by atoms with Crippen molar-refractivity contribution in [3.05, 3.63) is 95.2 Å². The van der Waals surface area contributed by atoms with Crippen molar-refractivity contribution >= 4 is 17.7 Å². The van der Waals surface area contributed by atoms with E-state index in [1.54, 1.807) is 18.0 Å². The summed E-state index contributed by atoms with van der Waals surface area (Å²) in [6, 6.07) is 22.7. The summed E-state index contributed by atoms with van der Waals surface area (Å²) in [5, 5.41) is 4.12. The summed E-state index contributed by atoms with van der Waals surface area (Å²) in [6.07, 6.45) is 2.77. The van der Waals surface area contributed by atoms with E-state index in [-0.39, 0.29) is 5.91 Å². The number of benzene rings is 2. The molecule has 3 aromatic rings. The minimum atomic E-state index is -0.0128.